The minimum Gasteiger partial charge on any atom is -0.337 e. The fraction of sp³-hybridized carbons (Fsp3) is 0.529. The summed E-state index contributed by atoms with van der Waals surface area (Å²) in [4.78, 5) is 14.2. The molecule has 0 aliphatic heterocycles. The van der Waals surface area contributed by atoms with Gasteiger partial charge in [-0.25, -0.2) is 0 Å². The van der Waals surface area contributed by atoms with Crippen molar-refractivity contribution in [2.75, 3.05) is 13.6 Å². The minimum atomic E-state index is -0.645. The van der Waals surface area contributed by atoms with Gasteiger partial charge in [0.15, 0.2) is 0 Å². The van der Waals surface area contributed by atoms with Crippen LogP contribution in [0.4, 0.5) is 0 Å². The van der Waals surface area contributed by atoms with Crippen LogP contribution >= 0.6 is 15.9 Å². The van der Waals surface area contributed by atoms with Gasteiger partial charge in [0.1, 0.15) is 5.54 Å². The number of nitrogens with one attached hydrogen (secondary N) is 1. The van der Waals surface area contributed by atoms with E-state index in [1.54, 1.807) is 0 Å². The van der Waals surface area contributed by atoms with Gasteiger partial charge in [-0.2, -0.15) is 5.26 Å². The molecule has 1 saturated carbocycles. The molecule has 22 heavy (non-hydrogen) atoms. The standard InChI is InChI=1S/C17H22BrN3O/c1-21(11-14-5-7-15(18)8-6-14)12-16(22)20-17(13-19)9-3-2-4-10-17/h5-8H,2-4,9-12H2,1H3,(H,20,22). The lowest BCUT2D eigenvalue weighted by molar-refractivity contribution is -0.123. The average Bonchev–Trinajstić information content (AvgIpc) is 2.50. The third-order valence-electron chi connectivity index (χ3n) is 4.08. The predicted molar refractivity (Wildman–Crippen MR) is 90.0 cm³/mol. The predicted octanol–water partition coefficient (Wildman–Crippen LogP) is 3.22. The number of likely N-dealkylation sites (N-methyl/N-ethyl adjacent to an activating group) is 1. The molecule has 2 rings (SSSR count). The summed E-state index contributed by atoms with van der Waals surface area (Å²) in [5.74, 6) is -0.0666. The Labute approximate surface area is 140 Å². The maximum absolute atomic E-state index is 12.2. The zero-order chi connectivity index (χ0) is 16.0. The van der Waals surface area contributed by atoms with Crippen molar-refractivity contribution in [3.8, 4) is 6.07 Å². The van der Waals surface area contributed by atoms with Crippen molar-refractivity contribution >= 4 is 21.8 Å². The van der Waals surface area contributed by atoms with Gasteiger partial charge in [-0.3, -0.25) is 9.69 Å². The zero-order valence-corrected chi connectivity index (χ0v) is 14.5. The number of hydrogen-bond acceptors (Lipinski definition) is 3. The van der Waals surface area contributed by atoms with E-state index in [4.69, 9.17) is 0 Å². The highest BCUT2D eigenvalue weighted by Crippen LogP contribution is 2.27. The van der Waals surface area contributed by atoms with E-state index in [0.717, 1.165) is 42.1 Å². The Bertz CT molecular complexity index is 544. The van der Waals surface area contributed by atoms with Crippen molar-refractivity contribution in [1.29, 1.82) is 5.26 Å². The smallest absolute Gasteiger partial charge is 0.235 e. The molecule has 0 spiro atoms. The molecule has 4 nitrogen and oxygen atoms in total. The molecule has 1 aromatic carbocycles. The number of rotatable bonds is 5. The fourth-order valence-corrected chi connectivity index (χ4v) is 3.19. The van der Waals surface area contributed by atoms with Gasteiger partial charge in [0.25, 0.3) is 0 Å². The molecule has 1 aliphatic rings. The first-order chi connectivity index (χ1) is 10.5. The van der Waals surface area contributed by atoms with Gasteiger partial charge in [-0.05, 0) is 37.6 Å². The van der Waals surface area contributed by atoms with Crippen molar-refractivity contribution in [2.45, 2.75) is 44.2 Å². The van der Waals surface area contributed by atoms with Gasteiger partial charge in [0.2, 0.25) is 5.91 Å². The van der Waals surface area contributed by atoms with Gasteiger partial charge >= 0.3 is 0 Å². The summed E-state index contributed by atoms with van der Waals surface area (Å²) in [6.07, 6.45) is 4.73. The molecular formula is C17H22BrN3O. The van der Waals surface area contributed by atoms with Crippen LogP contribution < -0.4 is 5.32 Å². The van der Waals surface area contributed by atoms with Crippen molar-refractivity contribution in [3.05, 3.63) is 34.3 Å². The molecule has 118 valence electrons. The van der Waals surface area contributed by atoms with Crippen molar-refractivity contribution in [2.24, 2.45) is 0 Å². The SMILES string of the molecule is CN(CC(=O)NC1(C#N)CCCCC1)Cc1ccc(Br)cc1. The summed E-state index contributed by atoms with van der Waals surface area (Å²) in [7, 11) is 1.92. The average molecular weight is 364 g/mol. The summed E-state index contributed by atoms with van der Waals surface area (Å²) in [5, 5.41) is 12.4. The van der Waals surface area contributed by atoms with E-state index >= 15 is 0 Å². The first kappa shape index (κ1) is 17.0. The summed E-state index contributed by atoms with van der Waals surface area (Å²) < 4.78 is 1.05. The summed E-state index contributed by atoms with van der Waals surface area (Å²) >= 11 is 3.41. The Morgan fingerprint density at radius 2 is 1.95 bits per heavy atom. The molecular weight excluding hydrogens is 342 g/mol. The summed E-state index contributed by atoms with van der Waals surface area (Å²) in [6, 6.07) is 10.4. The first-order valence-electron chi connectivity index (χ1n) is 7.68. The zero-order valence-electron chi connectivity index (χ0n) is 12.9. The summed E-state index contributed by atoms with van der Waals surface area (Å²) in [6.45, 7) is 1.01. The molecule has 0 radical (unpaired) electrons. The van der Waals surface area contributed by atoms with Crippen LogP contribution in [0.25, 0.3) is 0 Å². The Kier molecular flexibility index (Phi) is 5.98. The van der Waals surface area contributed by atoms with Crippen LogP contribution in [-0.4, -0.2) is 29.9 Å². The van der Waals surface area contributed by atoms with E-state index < -0.39 is 5.54 Å². The molecule has 5 heteroatoms. The number of hydrogen-bond donors (Lipinski definition) is 1. The Morgan fingerprint density at radius 1 is 1.32 bits per heavy atom. The molecule has 0 saturated heterocycles. The van der Waals surface area contributed by atoms with Crippen molar-refractivity contribution < 1.29 is 4.79 Å². The van der Waals surface area contributed by atoms with Gasteiger partial charge in [0.05, 0.1) is 12.6 Å². The van der Waals surface area contributed by atoms with Crippen molar-refractivity contribution in [3.63, 3.8) is 0 Å². The van der Waals surface area contributed by atoms with Gasteiger partial charge in [0, 0.05) is 11.0 Å². The van der Waals surface area contributed by atoms with Crippen LogP contribution in [0.1, 0.15) is 37.7 Å². The van der Waals surface area contributed by atoms with Crippen LogP contribution in [0.5, 0.6) is 0 Å². The number of halogens is 1. The molecule has 1 aromatic rings. The third-order valence-corrected chi connectivity index (χ3v) is 4.61. The normalized spacial score (nSPS) is 17.0. The molecule has 0 atom stereocenters. The second kappa shape index (κ2) is 7.75. The lowest BCUT2D eigenvalue weighted by Gasteiger charge is -2.32. The molecule has 1 aliphatic carbocycles. The molecule has 0 aromatic heterocycles. The highest BCUT2D eigenvalue weighted by atomic mass is 79.9. The second-order valence-electron chi connectivity index (χ2n) is 6.10. The van der Waals surface area contributed by atoms with Crippen LogP contribution in [-0.2, 0) is 11.3 Å². The molecule has 1 amide bonds. The first-order valence-corrected chi connectivity index (χ1v) is 8.47. The number of nitriles is 1. The topological polar surface area (TPSA) is 56.1 Å². The van der Waals surface area contributed by atoms with E-state index in [-0.39, 0.29) is 5.91 Å². The molecule has 0 unspecified atom stereocenters. The van der Waals surface area contributed by atoms with E-state index in [1.165, 1.54) is 0 Å². The third kappa shape index (κ3) is 4.82. The summed E-state index contributed by atoms with van der Waals surface area (Å²) in [5.41, 5.74) is 0.513. The monoisotopic (exact) mass is 363 g/mol. The van der Waals surface area contributed by atoms with Crippen molar-refractivity contribution in [1.82, 2.24) is 10.2 Å². The lowest BCUT2D eigenvalue weighted by atomic mass is 9.83. The highest BCUT2D eigenvalue weighted by Gasteiger charge is 2.33. The number of carbonyl (C=O) groups is 1. The number of amides is 1. The molecule has 0 bridgehead atoms. The molecule has 1 N–H and O–H groups in total. The highest BCUT2D eigenvalue weighted by molar-refractivity contribution is 9.10. The molecule has 1 fully saturated rings. The van der Waals surface area contributed by atoms with Gasteiger partial charge < -0.3 is 5.32 Å². The maximum Gasteiger partial charge on any atom is 0.235 e. The van der Waals surface area contributed by atoms with Gasteiger partial charge in [-0.15, -0.1) is 0 Å². The second-order valence-corrected chi connectivity index (χ2v) is 7.02. The Hall–Kier alpha value is -1.38. The number of benzene rings is 1. The largest absolute Gasteiger partial charge is 0.337 e. The van der Waals surface area contributed by atoms with Crippen LogP contribution in [0.15, 0.2) is 28.7 Å². The quantitative estimate of drug-likeness (QED) is 0.873. The van der Waals surface area contributed by atoms with E-state index in [9.17, 15) is 10.1 Å². The van der Waals surface area contributed by atoms with Gasteiger partial charge in [-0.1, -0.05) is 47.3 Å². The number of carbonyl (C=O) groups excluding carboxylic acids is 1. The Morgan fingerprint density at radius 3 is 2.55 bits per heavy atom. The van der Waals surface area contributed by atoms with Crippen LogP contribution in [0.3, 0.4) is 0 Å². The van der Waals surface area contributed by atoms with Crippen LogP contribution in [0.2, 0.25) is 0 Å². The lowest BCUT2D eigenvalue weighted by Crippen LogP contribution is -2.51. The number of nitrogens with zero attached hydrogens (tertiary/aromatic N) is 2. The maximum atomic E-state index is 12.2. The van der Waals surface area contributed by atoms with E-state index in [0.29, 0.717) is 13.1 Å². The Balaban J connectivity index is 1.85. The van der Waals surface area contributed by atoms with Crippen LogP contribution in [0, 0.1) is 11.3 Å². The van der Waals surface area contributed by atoms with E-state index in [1.807, 2.05) is 36.2 Å². The van der Waals surface area contributed by atoms with E-state index in [2.05, 4.69) is 27.3 Å². The fourth-order valence-electron chi connectivity index (χ4n) is 2.93. The molecule has 0 heterocycles. The minimum absolute atomic E-state index is 0.0666.